The van der Waals surface area contributed by atoms with E-state index in [1.807, 2.05) is 11.4 Å². The number of amides is 1. The summed E-state index contributed by atoms with van der Waals surface area (Å²) in [6.07, 6.45) is 1.73. The van der Waals surface area contributed by atoms with Crippen molar-refractivity contribution in [2.45, 2.75) is 25.8 Å². The van der Waals surface area contributed by atoms with Crippen LogP contribution in [0.4, 0.5) is 0 Å². The van der Waals surface area contributed by atoms with Gasteiger partial charge in [-0.3, -0.25) is 14.5 Å². The highest BCUT2D eigenvalue weighted by molar-refractivity contribution is 9.10. The first-order valence-corrected chi connectivity index (χ1v) is 7.96. The Balaban J connectivity index is 2.03. The summed E-state index contributed by atoms with van der Waals surface area (Å²) in [6, 6.07) is 2.20. The molecule has 1 amide bonds. The molecule has 4 nitrogen and oxygen atoms in total. The summed E-state index contributed by atoms with van der Waals surface area (Å²) in [6.45, 7) is 3.03. The van der Waals surface area contributed by atoms with E-state index in [9.17, 15) is 9.59 Å². The normalized spacial score (nSPS) is 24.3. The van der Waals surface area contributed by atoms with Crippen LogP contribution in [0.2, 0.25) is 0 Å². The van der Waals surface area contributed by atoms with E-state index < -0.39 is 0 Å². The molecule has 2 unspecified atom stereocenters. The summed E-state index contributed by atoms with van der Waals surface area (Å²) in [5.41, 5.74) is 5.37. The summed E-state index contributed by atoms with van der Waals surface area (Å²) in [7, 11) is 0. The molecule has 1 fully saturated rings. The van der Waals surface area contributed by atoms with Crippen LogP contribution >= 0.6 is 27.3 Å². The first-order valence-electron chi connectivity index (χ1n) is 6.28. The van der Waals surface area contributed by atoms with Crippen LogP contribution in [0.5, 0.6) is 0 Å². The lowest BCUT2D eigenvalue weighted by molar-refractivity contribution is -0.123. The summed E-state index contributed by atoms with van der Waals surface area (Å²) in [5.74, 6) is -0.295. The highest BCUT2D eigenvalue weighted by atomic mass is 79.9. The number of thiophene rings is 1. The maximum absolute atomic E-state index is 12.2. The van der Waals surface area contributed by atoms with Crippen LogP contribution in [0, 0.1) is 5.92 Å². The van der Waals surface area contributed by atoms with Crippen LogP contribution in [0.15, 0.2) is 15.9 Å². The smallest absolute Gasteiger partial charge is 0.221 e. The Bertz CT molecular complexity index is 489. The minimum absolute atomic E-state index is 0.0962. The zero-order valence-electron chi connectivity index (χ0n) is 10.8. The summed E-state index contributed by atoms with van der Waals surface area (Å²) in [4.78, 5) is 26.3. The third-order valence-electron chi connectivity index (χ3n) is 3.63. The number of Topliss-reactive ketones (excluding diaryl/α,β-unsaturated/α-hetero) is 1. The Morgan fingerprint density at radius 3 is 2.84 bits per heavy atom. The standard InChI is InChI=1S/C13H17BrN2O2S/c1-8-2-3-9(13(15)18)6-16(8)7-11(17)12-10(14)4-5-19-12/h4-5,8-9H,2-3,6-7H2,1H3,(H2,15,18). The molecule has 0 spiro atoms. The highest BCUT2D eigenvalue weighted by Crippen LogP contribution is 2.26. The number of ketones is 1. The Morgan fingerprint density at radius 1 is 1.53 bits per heavy atom. The lowest BCUT2D eigenvalue weighted by atomic mass is 9.93. The Labute approximate surface area is 125 Å². The number of nitrogens with two attached hydrogens (primary N) is 1. The lowest BCUT2D eigenvalue weighted by Gasteiger charge is -2.36. The van der Waals surface area contributed by atoms with Gasteiger partial charge in [0.15, 0.2) is 5.78 Å². The van der Waals surface area contributed by atoms with Gasteiger partial charge in [-0.2, -0.15) is 0 Å². The number of carbonyl (C=O) groups excluding carboxylic acids is 2. The molecule has 1 aromatic rings. The van der Waals surface area contributed by atoms with Crippen LogP contribution in [-0.4, -0.2) is 35.7 Å². The second-order valence-corrected chi connectivity index (χ2v) is 6.75. The molecule has 2 atom stereocenters. The van der Waals surface area contributed by atoms with Crippen LogP contribution in [0.1, 0.15) is 29.4 Å². The maximum atomic E-state index is 12.2. The van der Waals surface area contributed by atoms with Crippen molar-refractivity contribution in [1.29, 1.82) is 0 Å². The summed E-state index contributed by atoms with van der Waals surface area (Å²) in [5, 5.41) is 1.89. The van der Waals surface area contributed by atoms with Gasteiger partial charge in [0.2, 0.25) is 5.91 Å². The fraction of sp³-hybridized carbons (Fsp3) is 0.538. The fourth-order valence-corrected chi connectivity index (χ4v) is 3.91. The molecule has 2 heterocycles. The third kappa shape index (κ3) is 3.43. The van der Waals surface area contributed by atoms with Crippen molar-refractivity contribution in [1.82, 2.24) is 4.90 Å². The molecule has 104 valence electrons. The van der Waals surface area contributed by atoms with Gasteiger partial charge in [0.05, 0.1) is 17.3 Å². The maximum Gasteiger partial charge on any atom is 0.221 e. The molecule has 2 N–H and O–H groups in total. The number of halogens is 1. The molecule has 0 saturated carbocycles. The van der Waals surface area contributed by atoms with Gasteiger partial charge >= 0.3 is 0 Å². The van der Waals surface area contributed by atoms with E-state index in [1.165, 1.54) is 11.3 Å². The molecule has 0 bridgehead atoms. The van der Waals surface area contributed by atoms with Crippen molar-refractivity contribution in [3.8, 4) is 0 Å². The molecule has 2 rings (SSSR count). The molecule has 1 aromatic heterocycles. The molecule has 1 saturated heterocycles. The van der Waals surface area contributed by atoms with Gasteiger partial charge in [-0.05, 0) is 47.1 Å². The van der Waals surface area contributed by atoms with Crippen LogP contribution < -0.4 is 5.73 Å². The van der Waals surface area contributed by atoms with E-state index in [2.05, 4.69) is 27.8 Å². The number of primary amides is 1. The van der Waals surface area contributed by atoms with Crippen LogP contribution in [0.3, 0.4) is 0 Å². The zero-order valence-corrected chi connectivity index (χ0v) is 13.2. The minimum atomic E-state index is -0.262. The van der Waals surface area contributed by atoms with E-state index in [0.717, 1.165) is 22.2 Å². The first kappa shape index (κ1) is 14.7. The van der Waals surface area contributed by atoms with Gasteiger partial charge < -0.3 is 5.73 Å². The van der Waals surface area contributed by atoms with Crippen LogP contribution in [0.25, 0.3) is 0 Å². The molecule has 19 heavy (non-hydrogen) atoms. The topological polar surface area (TPSA) is 63.4 Å². The number of piperidine rings is 1. The van der Waals surface area contributed by atoms with Crippen molar-refractivity contribution < 1.29 is 9.59 Å². The number of rotatable bonds is 4. The molecular weight excluding hydrogens is 328 g/mol. The molecule has 0 aromatic carbocycles. The van der Waals surface area contributed by atoms with E-state index in [1.54, 1.807) is 0 Å². The summed E-state index contributed by atoms with van der Waals surface area (Å²) < 4.78 is 0.846. The van der Waals surface area contributed by atoms with Crippen molar-refractivity contribution >= 4 is 39.0 Å². The molecule has 6 heteroatoms. The van der Waals surface area contributed by atoms with Gasteiger partial charge in [-0.15, -0.1) is 11.3 Å². The highest BCUT2D eigenvalue weighted by Gasteiger charge is 2.30. The van der Waals surface area contributed by atoms with Crippen molar-refractivity contribution in [2.75, 3.05) is 13.1 Å². The van der Waals surface area contributed by atoms with E-state index >= 15 is 0 Å². The fourth-order valence-electron chi connectivity index (χ4n) is 2.38. The van der Waals surface area contributed by atoms with Crippen LogP contribution in [-0.2, 0) is 4.79 Å². The van der Waals surface area contributed by atoms with Crippen molar-refractivity contribution in [3.05, 3.63) is 20.8 Å². The molecule has 0 radical (unpaired) electrons. The predicted molar refractivity (Wildman–Crippen MR) is 79.3 cm³/mol. The van der Waals surface area contributed by atoms with Gasteiger partial charge in [-0.25, -0.2) is 0 Å². The van der Waals surface area contributed by atoms with E-state index in [-0.39, 0.29) is 17.6 Å². The number of likely N-dealkylation sites (tertiary alicyclic amines) is 1. The number of nitrogens with zero attached hydrogens (tertiary/aromatic N) is 1. The Hall–Kier alpha value is -0.720. The van der Waals surface area contributed by atoms with Gasteiger partial charge in [0.25, 0.3) is 0 Å². The SMILES string of the molecule is CC1CCC(C(N)=O)CN1CC(=O)c1sccc1Br. The number of carbonyl (C=O) groups is 2. The summed E-state index contributed by atoms with van der Waals surface area (Å²) >= 11 is 4.82. The first-order chi connectivity index (χ1) is 8.99. The van der Waals surface area contributed by atoms with E-state index in [0.29, 0.717) is 19.1 Å². The largest absolute Gasteiger partial charge is 0.369 e. The monoisotopic (exact) mass is 344 g/mol. The molecule has 1 aliphatic rings. The van der Waals surface area contributed by atoms with Gasteiger partial charge in [0.1, 0.15) is 0 Å². The second-order valence-electron chi connectivity index (χ2n) is 4.98. The predicted octanol–water partition coefficient (Wildman–Crippen LogP) is 2.28. The van der Waals surface area contributed by atoms with Crippen molar-refractivity contribution in [3.63, 3.8) is 0 Å². The average molecular weight is 345 g/mol. The van der Waals surface area contributed by atoms with E-state index in [4.69, 9.17) is 5.73 Å². The van der Waals surface area contributed by atoms with Crippen molar-refractivity contribution in [2.24, 2.45) is 11.7 Å². The third-order valence-corrected chi connectivity index (χ3v) is 5.51. The Morgan fingerprint density at radius 2 is 2.26 bits per heavy atom. The van der Waals surface area contributed by atoms with Gasteiger partial charge in [-0.1, -0.05) is 0 Å². The number of hydrogen-bond donors (Lipinski definition) is 1. The zero-order chi connectivity index (χ0) is 14.0. The molecule has 0 aliphatic carbocycles. The lowest BCUT2D eigenvalue weighted by Crippen LogP contribution is -2.47. The Kier molecular flexibility index (Phi) is 4.76. The molecular formula is C13H17BrN2O2S. The number of hydrogen-bond acceptors (Lipinski definition) is 4. The second kappa shape index (κ2) is 6.15. The average Bonchev–Trinajstić information content (AvgIpc) is 2.78. The minimum Gasteiger partial charge on any atom is -0.369 e. The van der Waals surface area contributed by atoms with Gasteiger partial charge in [0, 0.05) is 17.1 Å². The molecule has 1 aliphatic heterocycles. The quantitative estimate of drug-likeness (QED) is 0.852.